The minimum absolute atomic E-state index is 0.0170. The second-order valence-electron chi connectivity index (χ2n) is 4.67. The zero-order chi connectivity index (χ0) is 12.8. The molecule has 0 spiro atoms. The molecule has 0 aromatic carbocycles. The molecular weight excluding hydrogens is 220 g/mol. The number of hydrogen-bond donors (Lipinski definition) is 3. The maximum absolute atomic E-state index is 11.6. The van der Waals surface area contributed by atoms with Crippen LogP contribution in [0.4, 0.5) is 0 Å². The summed E-state index contributed by atoms with van der Waals surface area (Å²) in [6, 6.07) is 0.169. The number of carbonyl (C=O) groups is 2. The van der Waals surface area contributed by atoms with Gasteiger partial charge >= 0.3 is 0 Å². The Labute approximate surface area is 102 Å². The van der Waals surface area contributed by atoms with Crippen molar-refractivity contribution in [2.75, 3.05) is 32.7 Å². The van der Waals surface area contributed by atoms with Crippen LogP contribution in [0.25, 0.3) is 0 Å². The summed E-state index contributed by atoms with van der Waals surface area (Å²) in [5, 5.41) is 5.38. The first kappa shape index (κ1) is 13.9. The smallest absolute Gasteiger partial charge is 0.234 e. The molecule has 1 heterocycles. The van der Waals surface area contributed by atoms with Gasteiger partial charge in [0.05, 0.1) is 6.54 Å². The molecular formula is C11H22N4O2. The fraction of sp³-hybridized carbons (Fsp3) is 0.818. The highest BCUT2D eigenvalue weighted by molar-refractivity contribution is 5.78. The molecule has 0 aromatic heterocycles. The van der Waals surface area contributed by atoms with Gasteiger partial charge in [-0.3, -0.25) is 14.5 Å². The van der Waals surface area contributed by atoms with E-state index in [9.17, 15) is 9.59 Å². The highest BCUT2D eigenvalue weighted by Gasteiger charge is 2.27. The molecule has 0 aromatic rings. The minimum atomic E-state index is -0.0846. The number of hydrogen-bond acceptors (Lipinski definition) is 4. The van der Waals surface area contributed by atoms with E-state index in [-0.39, 0.29) is 17.9 Å². The molecule has 17 heavy (non-hydrogen) atoms. The number of nitrogens with zero attached hydrogens (tertiary/aromatic N) is 1. The summed E-state index contributed by atoms with van der Waals surface area (Å²) in [6.45, 7) is 6.53. The molecule has 6 nitrogen and oxygen atoms in total. The lowest BCUT2D eigenvalue weighted by Crippen LogP contribution is -2.40. The SMILES string of the molecule is CC(=O)NCCNC(=O)CN1CC(C)C(N)C1. The third-order valence-electron chi connectivity index (χ3n) is 2.93. The van der Waals surface area contributed by atoms with E-state index >= 15 is 0 Å². The molecule has 0 aliphatic carbocycles. The molecule has 4 N–H and O–H groups in total. The molecule has 1 fully saturated rings. The van der Waals surface area contributed by atoms with Crippen LogP contribution in [0.2, 0.25) is 0 Å². The first-order chi connectivity index (χ1) is 7.99. The monoisotopic (exact) mass is 242 g/mol. The molecule has 1 aliphatic rings. The quantitative estimate of drug-likeness (QED) is 0.513. The number of nitrogens with two attached hydrogens (primary N) is 1. The van der Waals surface area contributed by atoms with E-state index in [4.69, 9.17) is 5.73 Å². The highest BCUT2D eigenvalue weighted by atomic mass is 16.2. The Morgan fingerprint density at radius 2 is 1.94 bits per heavy atom. The van der Waals surface area contributed by atoms with E-state index < -0.39 is 0 Å². The molecule has 0 radical (unpaired) electrons. The Bertz CT molecular complexity index is 273. The summed E-state index contributed by atoms with van der Waals surface area (Å²) >= 11 is 0. The van der Waals surface area contributed by atoms with Crippen molar-refractivity contribution in [2.45, 2.75) is 19.9 Å². The largest absolute Gasteiger partial charge is 0.355 e. The number of rotatable bonds is 5. The van der Waals surface area contributed by atoms with Gasteiger partial charge in [0.1, 0.15) is 0 Å². The average Bonchev–Trinajstić information content (AvgIpc) is 2.52. The summed E-state index contributed by atoms with van der Waals surface area (Å²) in [6.07, 6.45) is 0. The van der Waals surface area contributed by atoms with Gasteiger partial charge < -0.3 is 16.4 Å². The van der Waals surface area contributed by atoms with Crippen molar-refractivity contribution < 1.29 is 9.59 Å². The Kier molecular flexibility index (Phi) is 5.37. The van der Waals surface area contributed by atoms with Crippen LogP contribution in [-0.2, 0) is 9.59 Å². The fourth-order valence-corrected chi connectivity index (χ4v) is 1.92. The molecule has 0 saturated carbocycles. The second-order valence-corrected chi connectivity index (χ2v) is 4.67. The van der Waals surface area contributed by atoms with Gasteiger partial charge in [0.2, 0.25) is 11.8 Å². The van der Waals surface area contributed by atoms with Crippen molar-refractivity contribution in [1.82, 2.24) is 15.5 Å². The van der Waals surface area contributed by atoms with Gasteiger partial charge in [0, 0.05) is 39.1 Å². The third-order valence-corrected chi connectivity index (χ3v) is 2.93. The molecule has 98 valence electrons. The van der Waals surface area contributed by atoms with Gasteiger partial charge in [0.25, 0.3) is 0 Å². The Balaban J connectivity index is 2.11. The molecule has 2 unspecified atom stereocenters. The van der Waals surface area contributed by atoms with E-state index in [1.165, 1.54) is 6.92 Å². The van der Waals surface area contributed by atoms with Crippen LogP contribution in [0.3, 0.4) is 0 Å². The van der Waals surface area contributed by atoms with Gasteiger partial charge in [-0.1, -0.05) is 6.92 Å². The van der Waals surface area contributed by atoms with Crippen molar-refractivity contribution in [1.29, 1.82) is 0 Å². The van der Waals surface area contributed by atoms with Crippen LogP contribution < -0.4 is 16.4 Å². The van der Waals surface area contributed by atoms with Crippen molar-refractivity contribution in [3.05, 3.63) is 0 Å². The summed E-state index contributed by atoms with van der Waals surface area (Å²) < 4.78 is 0. The van der Waals surface area contributed by atoms with Crippen LogP contribution in [0, 0.1) is 5.92 Å². The van der Waals surface area contributed by atoms with Gasteiger partial charge in [-0.15, -0.1) is 0 Å². The van der Waals surface area contributed by atoms with Gasteiger partial charge in [-0.2, -0.15) is 0 Å². The lowest BCUT2D eigenvalue weighted by molar-refractivity contribution is -0.122. The maximum Gasteiger partial charge on any atom is 0.234 e. The van der Waals surface area contributed by atoms with Crippen molar-refractivity contribution in [3.8, 4) is 0 Å². The van der Waals surface area contributed by atoms with E-state index in [0.29, 0.717) is 25.6 Å². The van der Waals surface area contributed by atoms with Gasteiger partial charge in [-0.25, -0.2) is 0 Å². The van der Waals surface area contributed by atoms with Crippen LogP contribution in [-0.4, -0.2) is 55.5 Å². The predicted octanol–water partition coefficient (Wildman–Crippen LogP) is -1.48. The van der Waals surface area contributed by atoms with Crippen molar-refractivity contribution in [2.24, 2.45) is 11.7 Å². The number of nitrogens with one attached hydrogen (secondary N) is 2. The zero-order valence-electron chi connectivity index (χ0n) is 10.5. The second kappa shape index (κ2) is 6.56. The van der Waals surface area contributed by atoms with E-state index in [1.54, 1.807) is 0 Å². The lowest BCUT2D eigenvalue weighted by atomic mass is 10.1. The number of carbonyl (C=O) groups excluding carboxylic acids is 2. The highest BCUT2D eigenvalue weighted by Crippen LogP contribution is 2.13. The van der Waals surface area contributed by atoms with Crippen LogP contribution >= 0.6 is 0 Å². The molecule has 6 heteroatoms. The molecule has 2 amide bonds. The minimum Gasteiger partial charge on any atom is -0.355 e. The van der Waals surface area contributed by atoms with Gasteiger partial charge in [-0.05, 0) is 5.92 Å². The van der Waals surface area contributed by atoms with Gasteiger partial charge in [0.15, 0.2) is 0 Å². The summed E-state index contributed by atoms with van der Waals surface area (Å²) in [5.74, 6) is 0.345. The molecule has 1 aliphatic heterocycles. The summed E-state index contributed by atoms with van der Waals surface area (Å²) in [7, 11) is 0. The number of amides is 2. The lowest BCUT2D eigenvalue weighted by Gasteiger charge is -2.14. The first-order valence-corrected chi connectivity index (χ1v) is 5.98. The molecule has 1 saturated heterocycles. The van der Waals surface area contributed by atoms with E-state index in [1.807, 2.05) is 0 Å². The first-order valence-electron chi connectivity index (χ1n) is 5.98. The van der Waals surface area contributed by atoms with E-state index in [2.05, 4.69) is 22.5 Å². The molecule has 1 rings (SSSR count). The molecule has 0 bridgehead atoms. The van der Waals surface area contributed by atoms with Crippen LogP contribution in [0.5, 0.6) is 0 Å². The summed E-state index contributed by atoms with van der Waals surface area (Å²) in [4.78, 5) is 24.2. The Morgan fingerprint density at radius 3 is 2.47 bits per heavy atom. The van der Waals surface area contributed by atoms with Crippen molar-refractivity contribution >= 4 is 11.8 Å². The standard InChI is InChI=1S/C11H22N4O2/c1-8-5-15(6-10(8)12)7-11(17)14-4-3-13-9(2)16/h8,10H,3-7,12H2,1-2H3,(H,13,16)(H,14,17). The predicted molar refractivity (Wildman–Crippen MR) is 65.3 cm³/mol. The van der Waals surface area contributed by atoms with Crippen LogP contribution in [0.1, 0.15) is 13.8 Å². The van der Waals surface area contributed by atoms with Crippen molar-refractivity contribution in [3.63, 3.8) is 0 Å². The maximum atomic E-state index is 11.6. The third kappa shape index (κ3) is 5.14. The Hall–Kier alpha value is -1.14. The normalized spacial score (nSPS) is 24.6. The number of likely N-dealkylation sites (tertiary alicyclic amines) is 1. The fourth-order valence-electron chi connectivity index (χ4n) is 1.92. The Morgan fingerprint density at radius 1 is 1.29 bits per heavy atom. The summed E-state index contributed by atoms with van der Waals surface area (Å²) in [5.41, 5.74) is 5.88. The van der Waals surface area contributed by atoms with E-state index in [0.717, 1.165) is 13.1 Å². The zero-order valence-corrected chi connectivity index (χ0v) is 10.5. The topological polar surface area (TPSA) is 87.5 Å². The van der Waals surface area contributed by atoms with Crippen LogP contribution in [0.15, 0.2) is 0 Å². The molecule has 2 atom stereocenters. The average molecular weight is 242 g/mol.